The summed E-state index contributed by atoms with van der Waals surface area (Å²) in [7, 11) is 0. The fraction of sp³-hybridized carbons (Fsp3) is 0.538. The average molecular weight is 233 g/mol. The topological polar surface area (TPSA) is 59.2 Å². The highest BCUT2D eigenvalue weighted by atomic mass is 16.2. The molecule has 0 radical (unpaired) electrons. The van der Waals surface area contributed by atoms with Crippen LogP contribution in [0.4, 0.5) is 0 Å². The van der Waals surface area contributed by atoms with E-state index in [0.29, 0.717) is 6.42 Å². The van der Waals surface area contributed by atoms with E-state index in [9.17, 15) is 4.79 Å². The summed E-state index contributed by atoms with van der Waals surface area (Å²) >= 11 is 0. The van der Waals surface area contributed by atoms with Crippen molar-refractivity contribution in [1.29, 1.82) is 0 Å². The first-order valence-corrected chi connectivity index (χ1v) is 6.18. The molecule has 0 unspecified atom stereocenters. The molecule has 1 aromatic heterocycles. The van der Waals surface area contributed by atoms with E-state index in [1.54, 1.807) is 12.4 Å². The van der Waals surface area contributed by atoms with Gasteiger partial charge in [0.15, 0.2) is 0 Å². The Labute approximate surface area is 102 Å². The van der Waals surface area contributed by atoms with Crippen LogP contribution in [0, 0.1) is 0 Å². The van der Waals surface area contributed by atoms with E-state index in [0.717, 1.165) is 37.9 Å². The quantitative estimate of drug-likeness (QED) is 0.846. The van der Waals surface area contributed by atoms with Crippen molar-refractivity contribution in [2.45, 2.75) is 31.7 Å². The summed E-state index contributed by atoms with van der Waals surface area (Å²) < 4.78 is 0. The molecular weight excluding hydrogens is 214 g/mol. The smallest absolute Gasteiger partial charge is 0.222 e. The molecule has 17 heavy (non-hydrogen) atoms. The summed E-state index contributed by atoms with van der Waals surface area (Å²) in [5.41, 5.74) is 7.03. The molecule has 0 spiro atoms. The third-order valence-corrected chi connectivity index (χ3v) is 3.19. The number of carbonyl (C=O) groups is 1. The first-order valence-electron chi connectivity index (χ1n) is 6.18. The molecule has 1 aliphatic rings. The van der Waals surface area contributed by atoms with Gasteiger partial charge in [-0.2, -0.15) is 0 Å². The number of rotatable bonds is 3. The molecule has 1 aliphatic heterocycles. The standard InChI is InChI=1S/C13H19N3O/c14-12-2-1-9-16(10-12)13(17)4-3-11-5-7-15-8-6-11/h5-8,12H,1-4,9-10,14H2/t12-/m0/s1. The largest absolute Gasteiger partial charge is 0.341 e. The Morgan fingerprint density at radius 3 is 2.94 bits per heavy atom. The number of aromatic nitrogens is 1. The molecule has 2 N–H and O–H groups in total. The van der Waals surface area contributed by atoms with Crippen LogP contribution in [0.3, 0.4) is 0 Å². The number of nitrogens with two attached hydrogens (primary N) is 1. The van der Waals surface area contributed by atoms with Crippen molar-refractivity contribution in [3.8, 4) is 0 Å². The van der Waals surface area contributed by atoms with Crippen LogP contribution in [-0.2, 0) is 11.2 Å². The molecule has 1 aromatic rings. The number of piperidine rings is 1. The minimum atomic E-state index is 0.161. The van der Waals surface area contributed by atoms with Gasteiger partial charge in [-0.3, -0.25) is 9.78 Å². The third kappa shape index (κ3) is 3.53. The maximum atomic E-state index is 12.0. The lowest BCUT2D eigenvalue weighted by atomic mass is 10.1. The fourth-order valence-electron chi connectivity index (χ4n) is 2.20. The predicted molar refractivity (Wildman–Crippen MR) is 66.3 cm³/mol. The van der Waals surface area contributed by atoms with Gasteiger partial charge >= 0.3 is 0 Å². The molecule has 1 atom stereocenters. The van der Waals surface area contributed by atoms with Gasteiger partial charge in [-0.15, -0.1) is 0 Å². The monoisotopic (exact) mass is 233 g/mol. The summed E-state index contributed by atoms with van der Waals surface area (Å²) in [6.45, 7) is 1.58. The van der Waals surface area contributed by atoms with Crippen LogP contribution < -0.4 is 5.73 Å². The molecule has 0 aliphatic carbocycles. The molecule has 0 bridgehead atoms. The Morgan fingerprint density at radius 1 is 1.47 bits per heavy atom. The van der Waals surface area contributed by atoms with E-state index in [-0.39, 0.29) is 11.9 Å². The molecule has 92 valence electrons. The molecule has 1 amide bonds. The number of hydrogen-bond donors (Lipinski definition) is 1. The molecule has 4 heteroatoms. The SMILES string of the molecule is N[C@H]1CCCN(C(=O)CCc2ccncc2)C1. The van der Waals surface area contributed by atoms with Gasteiger partial charge in [-0.25, -0.2) is 0 Å². The fourth-order valence-corrected chi connectivity index (χ4v) is 2.20. The molecular formula is C13H19N3O. The highest BCUT2D eigenvalue weighted by molar-refractivity contribution is 5.76. The minimum Gasteiger partial charge on any atom is -0.341 e. The van der Waals surface area contributed by atoms with Crippen LogP contribution in [0.25, 0.3) is 0 Å². The highest BCUT2D eigenvalue weighted by Crippen LogP contribution is 2.11. The van der Waals surface area contributed by atoms with Gasteiger partial charge in [0.2, 0.25) is 5.91 Å². The lowest BCUT2D eigenvalue weighted by molar-refractivity contribution is -0.132. The average Bonchev–Trinajstić information content (AvgIpc) is 2.37. The van der Waals surface area contributed by atoms with Gasteiger partial charge < -0.3 is 10.6 Å². The highest BCUT2D eigenvalue weighted by Gasteiger charge is 2.20. The van der Waals surface area contributed by atoms with Crippen molar-refractivity contribution in [1.82, 2.24) is 9.88 Å². The van der Waals surface area contributed by atoms with E-state index in [2.05, 4.69) is 4.98 Å². The van der Waals surface area contributed by atoms with Crippen molar-refractivity contribution < 1.29 is 4.79 Å². The molecule has 4 nitrogen and oxygen atoms in total. The van der Waals surface area contributed by atoms with Gasteiger partial charge in [-0.05, 0) is 37.0 Å². The zero-order chi connectivity index (χ0) is 12.1. The second kappa shape index (κ2) is 5.77. The molecule has 1 saturated heterocycles. The van der Waals surface area contributed by atoms with Crippen molar-refractivity contribution in [3.05, 3.63) is 30.1 Å². The number of hydrogen-bond acceptors (Lipinski definition) is 3. The maximum absolute atomic E-state index is 12.0. The molecule has 1 fully saturated rings. The van der Waals surface area contributed by atoms with Crippen LogP contribution in [0.15, 0.2) is 24.5 Å². The summed E-state index contributed by atoms with van der Waals surface area (Å²) in [5.74, 6) is 0.219. The third-order valence-electron chi connectivity index (χ3n) is 3.19. The van der Waals surface area contributed by atoms with Gasteiger partial charge in [0.05, 0.1) is 0 Å². The first-order chi connectivity index (χ1) is 8.25. The van der Waals surface area contributed by atoms with Crippen LogP contribution >= 0.6 is 0 Å². The van der Waals surface area contributed by atoms with Crippen molar-refractivity contribution >= 4 is 5.91 Å². The van der Waals surface area contributed by atoms with Crippen molar-refractivity contribution in [3.63, 3.8) is 0 Å². The van der Waals surface area contributed by atoms with Gasteiger partial charge in [-0.1, -0.05) is 0 Å². The molecule has 2 rings (SSSR count). The van der Waals surface area contributed by atoms with E-state index >= 15 is 0 Å². The van der Waals surface area contributed by atoms with Gasteiger partial charge in [0, 0.05) is 37.9 Å². The van der Waals surface area contributed by atoms with Crippen LogP contribution in [0.2, 0.25) is 0 Å². The van der Waals surface area contributed by atoms with Crippen LogP contribution in [0.1, 0.15) is 24.8 Å². The molecule has 0 saturated carbocycles. The second-order valence-corrected chi connectivity index (χ2v) is 4.60. The maximum Gasteiger partial charge on any atom is 0.222 e. The van der Waals surface area contributed by atoms with E-state index in [1.807, 2.05) is 17.0 Å². The number of nitrogens with zero attached hydrogens (tertiary/aromatic N) is 2. The van der Waals surface area contributed by atoms with Crippen LogP contribution in [0.5, 0.6) is 0 Å². The van der Waals surface area contributed by atoms with Gasteiger partial charge in [0.1, 0.15) is 0 Å². The number of pyridine rings is 1. The Balaban J connectivity index is 1.81. The Hall–Kier alpha value is -1.42. The number of carbonyl (C=O) groups excluding carboxylic acids is 1. The van der Waals surface area contributed by atoms with Gasteiger partial charge in [0.25, 0.3) is 0 Å². The van der Waals surface area contributed by atoms with Crippen molar-refractivity contribution in [2.24, 2.45) is 5.73 Å². The first kappa shape index (κ1) is 12.0. The zero-order valence-electron chi connectivity index (χ0n) is 10.0. The molecule has 0 aromatic carbocycles. The van der Waals surface area contributed by atoms with Crippen molar-refractivity contribution in [2.75, 3.05) is 13.1 Å². The lowest BCUT2D eigenvalue weighted by Crippen LogP contribution is -2.45. The Bertz CT molecular complexity index is 366. The minimum absolute atomic E-state index is 0.161. The number of likely N-dealkylation sites (tertiary alicyclic amines) is 1. The van der Waals surface area contributed by atoms with E-state index in [4.69, 9.17) is 5.73 Å². The summed E-state index contributed by atoms with van der Waals surface area (Å²) in [4.78, 5) is 17.8. The summed E-state index contributed by atoms with van der Waals surface area (Å²) in [6.07, 6.45) is 6.94. The molecule has 2 heterocycles. The number of amides is 1. The Morgan fingerprint density at radius 2 is 2.24 bits per heavy atom. The van der Waals surface area contributed by atoms with E-state index < -0.39 is 0 Å². The normalized spacial score (nSPS) is 20.3. The Kier molecular flexibility index (Phi) is 4.09. The zero-order valence-corrected chi connectivity index (χ0v) is 10.0. The summed E-state index contributed by atoms with van der Waals surface area (Å²) in [6, 6.07) is 4.07. The predicted octanol–water partition coefficient (Wildman–Crippen LogP) is 0.964. The second-order valence-electron chi connectivity index (χ2n) is 4.60. The van der Waals surface area contributed by atoms with E-state index in [1.165, 1.54) is 0 Å². The lowest BCUT2D eigenvalue weighted by Gasteiger charge is -2.30. The number of aryl methyl sites for hydroxylation is 1. The van der Waals surface area contributed by atoms with Crippen LogP contribution in [-0.4, -0.2) is 34.9 Å². The summed E-state index contributed by atoms with van der Waals surface area (Å²) in [5, 5.41) is 0.